The summed E-state index contributed by atoms with van der Waals surface area (Å²) in [5, 5.41) is 0. The first-order valence-electron chi connectivity index (χ1n) is 6.19. The molecule has 0 heterocycles. The highest BCUT2D eigenvalue weighted by atomic mass is 16.5. The summed E-state index contributed by atoms with van der Waals surface area (Å²) in [6, 6.07) is 5.63. The van der Waals surface area contributed by atoms with E-state index in [0.29, 0.717) is 17.9 Å². The lowest BCUT2D eigenvalue weighted by Gasteiger charge is -2.14. The average molecular weight is 267 g/mol. The lowest BCUT2D eigenvalue weighted by Crippen LogP contribution is -2.18. The van der Waals surface area contributed by atoms with E-state index in [0.717, 1.165) is 5.56 Å². The highest BCUT2D eigenvalue weighted by Crippen LogP contribution is 2.26. The van der Waals surface area contributed by atoms with Gasteiger partial charge in [-0.2, -0.15) is 0 Å². The van der Waals surface area contributed by atoms with Crippen molar-refractivity contribution in [3.8, 4) is 11.5 Å². The van der Waals surface area contributed by atoms with Gasteiger partial charge in [-0.25, -0.2) is 0 Å². The summed E-state index contributed by atoms with van der Waals surface area (Å²) in [6.45, 7) is 2.20. The molecule has 0 bridgehead atoms. The Kier molecular flexibility index (Phi) is 6.15. The van der Waals surface area contributed by atoms with E-state index < -0.39 is 0 Å². The molecule has 1 atom stereocenters. The summed E-state index contributed by atoms with van der Waals surface area (Å²) in [4.78, 5) is 11.0. The Morgan fingerprint density at radius 1 is 1.37 bits per heavy atom. The molecule has 0 saturated carbocycles. The summed E-state index contributed by atoms with van der Waals surface area (Å²) in [6.07, 6.45) is 0.920. The summed E-state index contributed by atoms with van der Waals surface area (Å²) in [5.74, 6) is 1.11. The van der Waals surface area contributed by atoms with Gasteiger partial charge >= 0.3 is 5.97 Å². The minimum Gasteiger partial charge on any atom is -0.497 e. The number of benzene rings is 1. The maximum absolute atomic E-state index is 11.0. The molecule has 19 heavy (non-hydrogen) atoms. The molecule has 1 aromatic carbocycles. The van der Waals surface area contributed by atoms with Crippen molar-refractivity contribution in [1.82, 2.24) is 0 Å². The Bertz CT molecular complexity index is 418. The third-order valence-electron chi connectivity index (χ3n) is 2.61. The Balaban J connectivity index is 2.73. The first kappa shape index (κ1) is 15.3. The van der Waals surface area contributed by atoms with Crippen LogP contribution in [0.15, 0.2) is 18.2 Å². The van der Waals surface area contributed by atoms with E-state index in [1.54, 1.807) is 13.2 Å². The quantitative estimate of drug-likeness (QED) is 0.758. The van der Waals surface area contributed by atoms with Crippen molar-refractivity contribution in [2.75, 3.05) is 20.8 Å². The van der Waals surface area contributed by atoms with Gasteiger partial charge in [0.2, 0.25) is 0 Å². The Hall–Kier alpha value is -1.75. The van der Waals surface area contributed by atoms with E-state index in [9.17, 15) is 4.79 Å². The largest absolute Gasteiger partial charge is 0.497 e. The fourth-order valence-electron chi connectivity index (χ4n) is 1.66. The van der Waals surface area contributed by atoms with Gasteiger partial charge in [-0.3, -0.25) is 4.79 Å². The molecule has 106 valence electrons. The maximum atomic E-state index is 11.0. The van der Waals surface area contributed by atoms with Crippen LogP contribution in [0.5, 0.6) is 11.5 Å². The third kappa shape index (κ3) is 5.18. The lowest BCUT2D eigenvalue weighted by molar-refractivity contribution is -0.141. The van der Waals surface area contributed by atoms with Crippen LogP contribution in [-0.4, -0.2) is 32.8 Å². The molecule has 0 amide bonds. The van der Waals surface area contributed by atoms with Gasteiger partial charge in [0.1, 0.15) is 11.5 Å². The second-order valence-corrected chi connectivity index (χ2v) is 4.33. The normalized spacial score (nSPS) is 11.8. The van der Waals surface area contributed by atoms with Crippen molar-refractivity contribution in [2.24, 2.45) is 5.73 Å². The molecule has 1 rings (SSSR count). The van der Waals surface area contributed by atoms with Crippen molar-refractivity contribution < 1.29 is 19.0 Å². The van der Waals surface area contributed by atoms with E-state index in [2.05, 4.69) is 4.74 Å². The Morgan fingerprint density at radius 2 is 2.11 bits per heavy atom. The van der Waals surface area contributed by atoms with Crippen LogP contribution >= 0.6 is 0 Å². The van der Waals surface area contributed by atoms with Crippen LogP contribution in [0.4, 0.5) is 0 Å². The smallest absolute Gasteiger partial charge is 0.308 e. The number of rotatable bonds is 7. The number of ether oxygens (including phenoxy) is 3. The number of hydrogen-bond donors (Lipinski definition) is 1. The molecule has 5 nitrogen and oxygen atoms in total. The van der Waals surface area contributed by atoms with Gasteiger partial charge in [0.15, 0.2) is 0 Å². The molecule has 0 aromatic heterocycles. The van der Waals surface area contributed by atoms with Gasteiger partial charge in [0, 0.05) is 12.1 Å². The lowest BCUT2D eigenvalue weighted by atomic mass is 10.1. The molecule has 0 aliphatic heterocycles. The molecule has 0 aliphatic carbocycles. The fraction of sp³-hybridized carbons (Fsp3) is 0.500. The SMILES string of the molecule is COC(=O)CCOc1cc(OC)ccc1CC(C)N. The number of carbonyl (C=O) groups is 1. The van der Waals surface area contributed by atoms with Crippen LogP contribution < -0.4 is 15.2 Å². The number of hydrogen-bond acceptors (Lipinski definition) is 5. The predicted octanol–water partition coefficient (Wildman–Crippen LogP) is 1.53. The second-order valence-electron chi connectivity index (χ2n) is 4.33. The van der Waals surface area contributed by atoms with Crippen molar-refractivity contribution in [3.63, 3.8) is 0 Å². The topological polar surface area (TPSA) is 70.8 Å². The molecule has 1 unspecified atom stereocenters. The number of carbonyl (C=O) groups excluding carboxylic acids is 1. The van der Waals surface area contributed by atoms with Crippen molar-refractivity contribution >= 4 is 5.97 Å². The van der Waals surface area contributed by atoms with E-state index in [1.165, 1.54) is 7.11 Å². The first-order chi connectivity index (χ1) is 9.06. The molecule has 0 spiro atoms. The molecule has 1 aromatic rings. The molecule has 5 heteroatoms. The van der Waals surface area contributed by atoms with Gasteiger partial charge in [-0.05, 0) is 25.0 Å². The van der Waals surface area contributed by atoms with Gasteiger partial charge in [0.25, 0.3) is 0 Å². The van der Waals surface area contributed by atoms with Crippen LogP contribution in [0.3, 0.4) is 0 Å². The third-order valence-corrected chi connectivity index (χ3v) is 2.61. The summed E-state index contributed by atoms with van der Waals surface area (Å²) in [7, 11) is 2.95. The zero-order valence-corrected chi connectivity index (χ0v) is 11.6. The molecular formula is C14H21NO4. The zero-order chi connectivity index (χ0) is 14.3. The summed E-state index contributed by atoms with van der Waals surface area (Å²) < 4.78 is 15.3. The standard InChI is InChI=1S/C14H21NO4/c1-10(15)8-11-4-5-12(17-2)9-13(11)19-7-6-14(16)18-3/h4-5,9-10H,6-8,15H2,1-3H3. The van der Waals surface area contributed by atoms with E-state index in [1.807, 2.05) is 19.1 Å². The van der Waals surface area contributed by atoms with Crippen LogP contribution in [0.2, 0.25) is 0 Å². The highest BCUT2D eigenvalue weighted by Gasteiger charge is 2.09. The first-order valence-corrected chi connectivity index (χ1v) is 6.19. The van der Waals surface area contributed by atoms with Gasteiger partial charge in [-0.1, -0.05) is 6.07 Å². The van der Waals surface area contributed by atoms with Crippen molar-refractivity contribution in [3.05, 3.63) is 23.8 Å². The van der Waals surface area contributed by atoms with Crippen LogP contribution in [0.1, 0.15) is 18.9 Å². The molecule has 0 saturated heterocycles. The van der Waals surface area contributed by atoms with Crippen molar-refractivity contribution in [2.45, 2.75) is 25.8 Å². The number of esters is 1. The maximum Gasteiger partial charge on any atom is 0.308 e. The van der Waals surface area contributed by atoms with Gasteiger partial charge in [-0.15, -0.1) is 0 Å². The monoisotopic (exact) mass is 267 g/mol. The number of nitrogens with two attached hydrogens (primary N) is 1. The van der Waals surface area contributed by atoms with Crippen molar-refractivity contribution in [1.29, 1.82) is 0 Å². The summed E-state index contributed by atoms with van der Waals surface area (Å²) >= 11 is 0. The summed E-state index contributed by atoms with van der Waals surface area (Å²) in [5.41, 5.74) is 6.80. The molecular weight excluding hydrogens is 246 g/mol. The highest BCUT2D eigenvalue weighted by molar-refractivity contribution is 5.69. The average Bonchev–Trinajstić information content (AvgIpc) is 2.39. The Labute approximate surface area is 113 Å². The van der Waals surface area contributed by atoms with E-state index in [4.69, 9.17) is 15.2 Å². The van der Waals surface area contributed by atoms with E-state index in [-0.39, 0.29) is 25.0 Å². The van der Waals surface area contributed by atoms with Crippen LogP contribution in [0, 0.1) is 0 Å². The minimum atomic E-state index is -0.295. The second kappa shape index (κ2) is 7.63. The minimum absolute atomic E-state index is 0.0383. The molecule has 0 aliphatic rings. The zero-order valence-electron chi connectivity index (χ0n) is 11.6. The van der Waals surface area contributed by atoms with Crippen LogP contribution in [0.25, 0.3) is 0 Å². The van der Waals surface area contributed by atoms with Crippen LogP contribution in [-0.2, 0) is 16.0 Å². The Morgan fingerprint density at radius 3 is 2.68 bits per heavy atom. The van der Waals surface area contributed by atoms with E-state index >= 15 is 0 Å². The number of methoxy groups -OCH3 is 2. The molecule has 0 fully saturated rings. The van der Waals surface area contributed by atoms with Gasteiger partial charge < -0.3 is 19.9 Å². The predicted molar refractivity (Wildman–Crippen MR) is 72.5 cm³/mol. The fourth-order valence-corrected chi connectivity index (χ4v) is 1.66. The molecule has 0 radical (unpaired) electrons. The molecule has 2 N–H and O–H groups in total. The van der Waals surface area contributed by atoms with Gasteiger partial charge in [0.05, 0.1) is 27.2 Å².